The molecule has 1 atom stereocenters. The second-order valence-corrected chi connectivity index (χ2v) is 8.00. The van der Waals surface area contributed by atoms with Crippen LogP contribution < -0.4 is 4.31 Å². The summed E-state index contributed by atoms with van der Waals surface area (Å²) in [6, 6.07) is 6.65. The average molecular weight is 338 g/mol. The summed E-state index contributed by atoms with van der Waals surface area (Å²) >= 11 is 0. The maximum Gasteiger partial charge on any atom is 0.246 e. The molecule has 23 heavy (non-hydrogen) atoms. The lowest BCUT2D eigenvalue weighted by Crippen LogP contribution is -2.50. The summed E-state index contributed by atoms with van der Waals surface area (Å²) in [5, 5.41) is 0. The Hall–Kier alpha value is -1.56. The van der Waals surface area contributed by atoms with Crippen LogP contribution in [0.4, 0.5) is 5.69 Å². The highest BCUT2D eigenvalue weighted by atomic mass is 32.2. The molecule has 1 amide bonds. The lowest BCUT2D eigenvalue weighted by molar-refractivity contribution is -0.132. The molecule has 0 unspecified atom stereocenters. The van der Waals surface area contributed by atoms with E-state index in [1.54, 1.807) is 24.0 Å². The Kier molecular flexibility index (Phi) is 5.68. The summed E-state index contributed by atoms with van der Waals surface area (Å²) in [5.74, 6) is -0.116. The minimum atomic E-state index is -3.53. The first-order valence-electron chi connectivity index (χ1n) is 8.21. The number of amides is 1. The molecule has 5 nitrogen and oxygen atoms in total. The predicted molar refractivity (Wildman–Crippen MR) is 93.0 cm³/mol. The van der Waals surface area contributed by atoms with Gasteiger partial charge >= 0.3 is 0 Å². The number of carbonyl (C=O) groups excluding carboxylic acids is 1. The molecule has 0 N–H and O–H groups in total. The first-order chi connectivity index (χ1) is 10.8. The summed E-state index contributed by atoms with van der Waals surface area (Å²) in [6.45, 7) is 5.16. The molecule has 1 aliphatic rings. The molecule has 0 aromatic heterocycles. The smallest absolute Gasteiger partial charge is 0.246 e. The molecule has 1 saturated heterocycles. The van der Waals surface area contributed by atoms with E-state index in [1.165, 1.54) is 4.31 Å². The summed E-state index contributed by atoms with van der Waals surface area (Å²) in [5.41, 5.74) is 1.68. The number of hydrogen-bond acceptors (Lipinski definition) is 3. The molecule has 1 aromatic rings. The first kappa shape index (κ1) is 17.8. The number of hydrogen-bond donors (Lipinski definition) is 0. The van der Waals surface area contributed by atoms with Gasteiger partial charge in [0.15, 0.2) is 0 Å². The van der Waals surface area contributed by atoms with E-state index in [0.717, 1.165) is 50.6 Å². The van der Waals surface area contributed by atoms with Gasteiger partial charge in [0, 0.05) is 13.1 Å². The molecule has 0 spiro atoms. The Bertz CT molecular complexity index is 634. The van der Waals surface area contributed by atoms with Crippen molar-refractivity contribution >= 4 is 21.6 Å². The Labute approximate surface area is 139 Å². The van der Waals surface area contributed by atoms with Gasteiger partial charge < -0.3 is 4.90 Å². The van der Waals surface area contributed by atoms with E-state index in [4.69, 9.17) is 0 Å². The van der Waals surface area contributed by atoms with Crippen molar-refractivity contribution < 1.29 is 13.2 Å². The third kappa shape index (κ3) is 4.25. The zero-order valence-corrected chi connectivity index (χ0v) is 15.0. The largest absolute Gasteiger partial charge is 0.341 e. The molecular formula is C17H26N2O3S. The molecule has 6 heteroatoms. The molecule has 1 heterocycles. The Morgan fingerprint density at radius 3 is 2.22 bits per heavy atom. The summed E-state index contributed by atoms with van der Waals surface area (Å²) in [6.07, 6.45) is 5.15. The van der Waals surface area contributed by atoms with Crippen molar-refractivity contribution in [3.8, 4) is 0 Å². The van der Waals surface area contributed by atoms with E-state index in [1.807, 2.05) is 19.1 Å². The van der Waals surface area contributed by atoms with Crippen molar-refractivity contribution in [1.29, 1.82) is 0 Å². The highest BCUT2D eigenvalue weighted by Crippen LogP contribution is 2.23. The number of anilines is 1. The Morgan fingerprint density at radius 1 is 1.17 bits per heavy atom. The summed E-state index contributed by atoms with van der Waals surface area (Å²) < 4.78 is 25.8. The topological polar surface area (TPSA) is 57.7 Å². The molecule has 0 saturated carbocycles. The quantitative estimate of drug-likeness (QED) is 0.828. The molecular weight excluding hydrogens is 312 g/mol. The monoisotopic (exact) mass is 338 g/mol. The Morgan fingerprint density at radius 2 is 1.74 bits per heavy atom. The first-order valence-corrected chi connectivity index (χ1v) is 10.1. The van der Waals surface area contributed by atoms with Gasteiger partial charge in [0.05, 0.1) is 11.9 Å². The lowest BCUT2D eigenvalue weighted by atomic mass is 10.1. The molecule has 0 radical (unpaired) electrons. The van der Waals surface area contributed by atoms with Gasteiger partial charge in [-0.3, -0.25) is 9.10 Å². The molecule has 128 valence electrons. The van der Waals surface area contributed by atoms with E-state index in [0.29, 0.717) is 5.69 Å². The van der Waals surface area contributed by atoms with Crippen molar-refractivity contribution in [1.82, 2.24) is 4.90 Å². The maximum absolute atomic E-state index is 12.7. The van der Waals surface area contributed by atoms with Gasteiger partial charge in [-0.05, 0) is 50.3 Å². The van der Waals surface area contributed by atoms with Crippen LogP contribution in [0.1, 0.15) is 38.7 Å². The molecule has 1 aromatic carbocycles. The van der Waals surface area contributed by atoms with Crippen LogP contribution in [0.15, 0.2) is 24.3 Å². The van der Waals surface area contributed by atoms with Crippen molar-refractivity contribution in [2.75, 3.05) is 23.7 Å². The minimum absolute atomic E-state index is 0.116. The molecule has 1 fully saturated rings. The van der Waals surface area contributed by atoms with E-state index in [-0.39, 0.29) is 5.91 Å². The molecule has 1 aliphatic heterocycles. The van der Waals surface area contributed by atoms with E-state index < -0.39 is 16.1 Å². The van der Waals surface area contributed by atoms with Crippen LogP contribution in [-0.2, 0) is 21.2 Å². The molecule has 2 rings (SSSR count). The van der Waals surface area contributed by atoms with Crippen molar-refractivity contribution in [3.63, 3.8) is 0 Å². The fourth-order valence-corrected chi connectivity index (χ4v) is 4.23. The number of rotatable bonds is 5. The minimum Gasteiger partial charge on any atom is -0.341 e. The van der Waals surface area contributed by atoms with Crippen molar-refractivity contribution in [2.45, 2.75) is 45.6 Å². The van der Waals surface area contributed by atoms with Crippen LogP contribution in [0.25, 0.3) is 0 Å². The molecule has 0 bridgehead atoms. The van der Waals surface area contributed by atoms with E-state index in [2.05, 4.69) is 0 Å². The SMILES string of the molecule is CCc1ccc(N([C@H](C)C(=O)N2CCCCC2)S(C)(=O)=O)cc1. The zero-order chi connectivity index (χ0) is 17.0. The van der Waals surface area contributed by atoms with Crippen LogP contribution in [-0.4, -0.2) is 44.6 Å². The van der Waals surface area contributed by atoms with Crippen LogP contribution in [0.5, 0.6) is 0 Å². The van der Waals surface area contributed by atoms with Crippen molar-refractivity contribution in [3.05, 3.63) is 29.8 Å². The number of nitrogens with zero attached hydrogens (tertiary/aromatic N) is 2. The van der Waals surface area contributed by atoms with Crippen molar-refractivity contribution in [2.24, 2.45) is 0 Å². The second kappa shape index (κ2) is 7.34. The zero-order valence-electron chi connectivity index (χ0n) is 14.2. The fourth-order valence-electron chi connectivity index (χ4n) is 3.06. The number of likely N-dealkylation sites (tertiary alicyclic amines) is 1. The second-order valence-electron chi connectivity index (χ2n) is 6.14. The summed E-state index contributed by atoms with van der Waals surface area (Å²) in [4.78, 5) is 14.5. The van der Waals surface area contributed by atoms with Gasteiger partial charge in [0.1, 0.15) is 6.04 Å². The number of aryl methyl sites for hydroxylation is 1. The van der Waals surface area contributed by atoms with Gasteiger partial charge in [-0.1, -0.05) is 19.1 Å². The summed E-state index contributed by atoms with van der Waals surface area (Å²) in [7, 11) is -3.53. The predicted octanol–water partition coefficient (Wildman–Crippen LogP) is 2.42. The van der Waals surface area contributed by atoms with Crippen LogP contribution in [0.2, 0.25) is 0 Å². The van der Waals surface area contributed by atoms with Gasteiger partial charge in [-0.2, -0.15) is 0 Å². The number of carbonyl (C=O) groups is 1. The average Bonchev–Trinajstić information content (AvgIpc) is 2.54. The third-order valence-electron chi connectivity index (χ3n) is 4.33. The van der Waals surface area contributed by atoms with Gasteiger partial charge in [0.25, 0.3) is 0 Å². The number of piperidine rings is 1. The Balaban J connectivity index is 2.28. The highest BCUT2D eigenvalue weighted by Gasteiger charge is 2.32. The van der Waals surface area contributed by atoms with E-state index in [9.17, 15) is 13.2 Å². The van der Waals surface area contributed by atoms with Gasteiger partial charge in [-0.25, -0.2) is 8.42 Å². The van der Waals surface area contributed by atoms with Crippen LogP contribution >= 0.6 is 0 Å². The van der Waals surface area contributed by atoms with Crippen LogP contribution in [0.3, 0.4) is 0 Å². The normalized spacial score (nSPS) is 16.9. The fraction of sp³-hybridized carbons (Fsp3) is 0.588. The standard InChI is InChI=1S/C17H26N2O3S/c1-4-15-8-10-16(11-9-15)19(23(3,21)22)14(2)17(20)18-12-6-5-7-13-18/h8-11,14H,4-7,12-13H2,1-3H3/t14-/m1/s1. The van der Waals surface area contributed by atoms with Gasteiger partial charge in [0.2, 0.25) is 15.9 Å². The van der Waals surface area contributed by atoms with E-state index >= 15 is 0 Å². The number of sulfonamides is 1. The third-order valence-corrected chi connectivity index (χ3v) is 5.57. The highest BCUT2D eigenvalue weighted by molar-refractivity contribution is 7.92. The lowest BCUT2D eigenvalue weighted by Gasteiger charge is -2.34. The molecule has 0 aliphatic carbocycles. The maximum atomic E-state index is 12.7. The number of benzene rings is 1. The van der Waals surface area contributed by atoms with Gasteiger partial charge in [-0.15, -0.1) is 0 Å². The van der Waals surface area contributed by atoms with Crippen LogP contribution in [0, 0.1) is 0 Å².